The van der Waals surface area contributed by atoms with Gasteiger partial charge >= 0.3 is 6.18 Å². The van der Waals surface area contributed by atoms with E-state index in [9.17, 15) is 28.3 Å². The zero-order valence-electron chi connectivity index (χ0n) is 18.6. The van der Waals surface area contributed by atoms with Gasteiger partial charge in [0.2, 0.25) is 0 Å². The molecular formula is C25H21ClF3N3O3. The van der Waals surface area contributed by atoms with Gasteiger partial charge in [-0.3, -0.25) is 9.78 Å². The van der Waals surface area contributed by atoms with Gasteiger partial charge in [0.05, 0.1) is 18.7 Å². The number of carbonyl (C=O) groups is 1. The Hall–Kier alpha value is -3.61. The summed E-state index contributed by atoms with van der Waals surface area (Å²) in [6.07, 6.45) is -3.09. The van der Waals surface area contributed by atoms with Crippen LogP contribution in [-0.2, 0) is 19.1 Å². The Kier molecular flexibility index (Phi) is 8.33. The van der Waals surface area contributed by atoms with Gasteiger partial charge in [-0.2, -0.15) is 18.4 Å². The van der Waals surface area contributed by atoms with Crippen LogP contribution in [0, 0.1) is 11.3 Å². The first-order valence-electron chi connectivity index (χ1n) is 10.5. The average Bonchev–Trinajstić information content (AvgIpc) is 2.85. The van der Waals surface area contributed by atoms with Gasteiger partial charge in [-0.15, -0.1) is 0 Å². The summed E-state index contributed by atoms with van der Waals surface area (Å²) in [7, 11) is 1.52. The van der Waals surface area contributed by atoms with Crippen LogP contribution in [0.15, 0.2) is 48.7 Å². The Balaban J connectivity index is 2.03. The number of hydrogen-bond acceptors (Lipinski definition) is 5. The van der Waals surface area contributed by atoms with Crippen molar-refractivity contribution < 1.29 is 27.8 Å². The fraction of sp³-hybridized carbons (Fsp3) is 0.240. The third-order valence-corrected chi connectivity index (χ3v) is 5.59. The standard InChI is InChI=1S/C25H21ClF3N3O3/c1-35-22-7-3-2-5-16(22)13-32-24(34)18-11-19(21(26)9-15(18)6-4-8-33)20-14-31-23(25(27,28)29)10-17(20)12-30/h2-3,5,7,9-11,14,33H,4,6,8,13H2,1H3,(H,32,34). The van der Waals surface area contributed by atoms with Crippen molar-refractivity contribution in [3.8, 4) is 22.9 Å². The van der Waals surface area contributed by atoms with Crippen molar-refractivity contribution in [1.29, 1.82) is 5.26 Å². The smallest absolute Gasteiger partial charge is 0.433 e. The zero-order chi connectivity index (χ0) is 25.6. The van der Waals surface area contributed by atoms with Crippen molar-refractivity contribution in [2.45, 2.75) is 25.6 Å². The Labute approximate surface area is 204 Å². The molecule has 1 amide bonds. The third kappa shape index (κ3) is 6.10. The number of ether oxygens (including phenoxy) is 1. The maximum atomic E-state index is 13.1. The van der Waals surface area contributed by atoms with E-state index in [2.05, 4.69) is 10.3 Å². The second-order valence-electron chi connectivity index (χ2n) is 7.54. The Morgan fingerprint density at radius 2 is 1.94 bits per heavy atom. The monoisotopic (exact) mass is 503 g/mol. The first-order chi connectivity index (χ1) is 16.7. The van der Waals surface area contributed by atoms with E-state index in [0.29, 0.717) is 30.2 Å². The number of rotatable bonds is 8. The van der Waals surface area contributed by atoms with Crippen LogP contribution in [0.3, 0.4) is 0 Å². The molecule has 0 radical (unpaired) electrons. The van der Waals surface area contributed by atoms with E-state index in [1.54, 1.807) is 30.3 Å². The highest BCUT2D eigenvalue weighted by Crippen LogP contribution is 2.36. The number of nitrogens with zero attached hydrogens (tertiary/aromatic N) is 2. The van der Waals surface area contributed by atoms with Gasteiger partial charge in [-0.25, -0.2) is 0 Å². The highest BCUT2D eigenvalue weighted by molar-refractivity contribution is 6.33. The van der Waals surface area contributed by atoms with Gasteiger partial charge in [-0.05, 0) is 42.7 Å². The summed E-state index contributed by atoms with van der Waals surface area (Å²) in [5.41, 5.74) is 0.284. The Morgan fingerprint density at radius 3 is 2.60 bits per heavy atom. The van der Waals surface area contributed by atoms with Crippen molar-refractivity contribution in [2.75, 3.05) is 13.7 Å². The SMILES string of the molecule is COc1ccccc1CNC(=O)c1cc(-c2cnc(C(F)(F)F)cc2C#N)c(Cl)cc1CCCO. The quantitative estimate of drug-likeness (QED) is 0.443. The normalized spacial score (nSPS) is 11.1. The number of alkyl halides is 3. The first kappa shape index (κ1) is 26.0. The van der Waals surface area contributed by atoms with E-state index >= 15 is 0 Å². The molecule has 3 rings (SSSR count). The number of para-hydroxylation sites is 1. The molecule has 6 nitrogen and oxygen atoms in total. The molecule has 0 saturated carbocycles. The van der Waals surface area contributed by atoms with Gasteiger partial charge < -0.3 is 15.2 Å². The molecule has 3 aromatic rings. The van der Waals surface area contributed by atoms with Gasteiger partial charge in [0.25, 0.3) is 5.91 Å². The van der Waals surface area contributed by atoms with Crippen LogP contribution in [-0.4, -0.2) is 29.7 Å². The summed E-state index contributed by atoms with van der Waals surface area (Å²) in [4.78, 5) is 16.6. The summed E-state index contributed by atoms with van der Waals surface area (Å²) in [6.45, 7) is 0.0502. The number of aliphatic hydroxyl groups is 1. The minimum Gasteiger partial charge on any atom is -0.496 e. The number of benzene rings is 2. The zero-order valence-corrected chi connectivity index (χ0v) is 19.4. The average molecular weight is 504 g/mol. The fourth-order valence-electron chi connectivity index (χ4n) is 3.55. The molecule has 182 valence electrons. The lowest BCUT2D eigenvalue weighted by molar-refractivity contribution is -0.141. The van der Waals surface area contributed by atoms with Crippen molar-refractivity contribution in [1.82, 2.24) is 10.3 Å². The summed E-state index contributed by atoms with van der Waals surface area (Å²) in [5.74, 6) is 0.139. The number of methoxy groups -OCH3 is 1. The van der Waals surface area contributed by atoms with Gasteiger partial charge in [0, 0.05) is 46.6 Å². The summed E-state index contributed by atoms with van der Waals surface area (Å²) in [6, 6.07) is 12.5. The lowest BCUT2D eigenvalue weighted by Crippen LogP contribution is -2.24. The van der Waals surface area contributed by atoms with Crippen LogP contribution in [0.2, 0.25) is 5.02 Å². The fourth-order valence-corrected chi connectivity index (χ4v) is 3.83. The molecule has 2 aromatic carbocycles. The summed E-state index contributed by atoms with van der Waals surface area (Å²) >= 11 is 6.42. The van der Waals surface area contributed by atoms with Crippen LogP contribution >= 0.6 is 11.6 Å². The predicted octanol–water partition coefficient (Wildman–Crippen LogP) is 5.16. The van der Waals surface area contributed by atoms with Crippen LogP contribution in [0.5, 0.6) is 5.75 Å². The number of nitriles is 1. The van der Waals surface area contributed by atoms with Crippen LogP contribution in [0.25, 0.3) is 11.1 Å². The molecule has 0 spiro atoms. The second kappa shape index (κ2) is 11.2. The number of halogens is 4. The van der Waals surface area contributed by atoms with E-state index in [-0.39, 0.29) is 40.4 Å². The lowest BCUT2D eigenvalue weighted by Gasteiger charge is -2.16. The van der Waals surface area contributed by atoms with Crippen LogP contribution in [0.4, 0.5) is 13.2 Å². The van der Waals surface area contributed by atoms with E-state index in [1.165, 1.54) is 19.2 Å². The molecule has 0 bridgehead atoms. The molecule has 0 unspecified atom stereocenters. The molecule has 0 aliphatic rings. The topological polar surface area (TPSA) is 95.2 Å². The van der Waals surface area contributed by atoms with E-state index in [1.807, 2.05) is 0 Å². The summed E-state index contributed by atoms with van der Waals surface area (Å²) < 4.78 is 44.5. The maximum absolute atomic E-state index is 13.1. The molecule has 0 fully saturated rings. The van der Waals surface area contributed by atoms with Gasteiger partial charge in [-0.1, -0.05) is 29.8 Å². The Morgan fingerprint density at radius 1 is 1.20 bits per heavy atom. The van der Waals surface area contributed by atoms with Gasteiger partial charge in [0.15, 0.2) is 0 Å². The minimum absolute atomic E-state index is 0.0676. The molecule has 2 N–H and O–H groups in total. The molecule has 1 heterocycles. The molecule has 35 heavy (non-hydrogen) atoms. The first-order valence-corrected chi connectivity index (χ1v) is 10.9. The molecule has 1 aromatic heterocycles. The number of nitrogens with one attached hydrogen (secondary N) is 1. The van der Waals surface area contributed by atoms with Crippen molar-refractivity contribution in [3.63, 3.8) is 0 Å². The molecule has 10 heteroatoms. The Bertz CT molecular complexity index is 1270. The molecule has 0 saturated heterocycles. The third-order valence-electron chi connectivity index (χ3n) is 5.28. The minimum atomic E-state index is -4.72. The van der Waals surface area contributed by atoms with E-state index in [0.717, 1.165) is 11.8 Å². The number of pyridine rings is 1. The van der Waals surface area contributed by atoms with Crippen LogP contribution in [0.1, 0.15) is 39.2 Å². The molecule has 0 aliphatic carbocycles. The second-order valence-corrected chi connectivity index (χ2v) is 7.94. The highest BCUT2D eigenvalue weighted by atomic mass is 35.5. The largest absolute Gasteiger partial charge is 0.496 e. The predicted molar refractivity (Wildman–Crippen MR) is 124 cm³/mol. The van der Waals surface area contributed by atoms with E-state index < -0.39 is 17.8 Å². The molecule has 0 aliphatic heterocycles. The lowest BCUT2D eigenvalue weighted by atomic mass is 9.94. The number of hydrogen-bond donors (Lipinski definition) is 2. The van der Waals surface area contributed by atoms with Crippen molar-refractivity contribution >= 4 is 17.5 Å². The number of aryl methyl sites for hydroxylation is 1. The highest BCUT2D eigenvalue weighted by Gasteiger charge is 2.33. The van der Waals surface area contributed by atoms with Crippen molar-refractivity contribution in [3.05, 3.63) is 81.6 Å². The maximum Gasteiger partial charge on any atom is 0.433 e. The number of carbonyl (C=O) groups excluding carboxylic acids is 1. The van der Waals surface area contributed by atoms with Crippen LogP contribution < -0.4 is 10.1 Å². The number of aromatic nitrogens is 1. The molecule has 0 atom stereocenters. The van der Waals surface area contributed by atoms with E-state index in [4.69, 9.17) is 16.3 Å². The van der Waals surface area contributed by atoms with Gasteiger partial charge in [0.1, 0.15) is 11.4 Å². The summed E-state index contributed by atoms with van der Waals surface area (Å²) in [5, 5.41) is 21.7. The molecular weight excluding hydrogens is 483 g/mol. The number of aliphatic hydroxyl groups excluding tert-OH is 1. The number of amides is 1. The van der Waals surface area contributed by atoms with Crippen molar-refractivity contribution in [2.24, 2.45) is 0 Å².